The molecule has 1 rings (SSSR count). The summed E-state index contributed by atoms with van der Waals surface area (Å²) in [6.07, 6.45) is 1.23. The first-order valence-electron chi connectivity index (χ1n) is 6.62. The highest BCUT2D eigenvalue weighted by Crippen LogP contribution is 2.17. The van der Waals surface area contributed by atoms with Gasteiger partial charge in [0.25, 0.3) is 0 Å². The summed E-state index contributed by atoms with van der Waals surface area (Å²) in [5.41, 5.74) is 8.15. The number of hydrogen-bond acceptors (Lipinski definition) is 2. The van der Waals surface area contributed by atoms with Crippen molar-refractivity contribution < 1.29 is 0 Å². The van der Waals surface area contributed by atoms with Crippen LogP contribution in [0.4, 0.5) is 5.69 Å². The van der Waals surface area contributed by atoms with Crippen molar-refractivity contribution in [1.29, 1.82) is 0 Å². The van der Waals surface area contributed by atoms with Crippen LogP contribution in [0.3, 0.4) is 0 Å². The molecule has 2 heteroatoms. The topological polar surface area (TPSA) is 29.3 Å². The summed E-state index contributed by atoms with van der Waals surface area (Å²) < 4.78 is 0. The van der Waals surface area contributed by atoms with Crippen LogP contribution in [-0.4, -0.2) is 17.5 Å². The van der Waals surface area contributed by atoms with Crippen molar-refractivity contribution in [1.82, 2.24) is 4.90 Å². The van der Waals surface area contributed by atoms with Gasteiger partial charge in [0, 0.05) is 24.8 Å². The Morgan fingerprint density at radius 2 is 1.82 bits per heavy atom. The second-order valence-corrected chi connectivity index (χ2v) is 5.24. The molecule has 1 atom stereocenters. The predicted molar refractivity (Wildman–Crippen MR) is 75.9 cm³/mol. The SMILES string of the molecule is CCC(C)CN(Cc1ccccc1N)C(C)C. The second-order valence-electron chi connectivity index (χ2n) is 5.24. The molecule has 2 nitrogen and oxygen atoms in total. The van der Waals surface area contributed by atoms with E-state index in [0.717, 1.165) is 24.7 Å². The van der Waals surface area contributed by atoms with E-state index in [1.807, 2.05) is 12.1 Å². The molecular weight excluding hydrogens is 208 g/mol. The van der Waals surface area contributed by atoms with Gasteiger partial charge in [-0.25, -0.2) is 0 Å². The third-order valence-electron chi connectivity index (χ3n) is 3.40. The minimum atomic E-state index is 0.559. The van der Waals surface area contributed by atoms with Crippen LogP contribution in [0, 0.1) is 5.92 Å². The van der Waals surface area contributed by atoms with E-state index >= 15 is 0 Å². The van der Waals surface area contributed by atoms with Gasteiger partial charge < -0.3 is 5.73 Å². The number of anilines is 1. The van der Waals surface area contributed by atoms with E-state index in [-0.39, 0.29) is 0 Å². The Morgan fingerprint density at radius 3 is 2.35 bits per heavy atom. The molecule has 1 aromatic rings. The van der Waals surface area contributed by atoms with Gasteiger partial charge in [0.05, 0.1) is 0 Å². The average Bonchev–Trinajstić information content (AvgIpc) is 2.30. The summed E-state index contributed by atoms with van der Waals surface area (Å²) in [6.45, 7) is 11.2. The van der Waals surface area contributed by atoms with Crippen LogP contribution >= 0.6 is 0 Å². The molecule has 0 aliphatic carbocycles. The molecule has 0 radical (unpaired) electrons. The molecule has 1 unspecified atom stereocenters. The van der Waals surface area contributed by atoms with E-state index in [4.69, 9.17) is 5.73 Å². The zero-order valence-corrected chi connectivity index (χ0v) is 11.6. The number of hydrogen-bond donors (Lipinski definition) is 1. The fourth-order valence-corrected chi connectivity index (χ4v) is 1.88. The van der Waals surface area contributed by atoms with E-state index < -0.39 is 0 Å². The molecule has 0 bridgehead atoms. The van der Waals surface area contributed by atoms with Crippen LogP contribution in [0.1, 0.15) is 39.7 Å². The smallest absolute Gasteiger partial charge is 0.0359 e. The maximum Gasteiger partial charge on any atom is 0.0359 e. The number of nitrogen functional groups attached to an aromatic ring is 1. The highest BCUT2D eigenvalue weighted by Gasteiger charge is 2.13. The Balaban J connectivity index is 2.70. The zero-order valence-electron chi connectivity index (χ0n) is 11.6. The Labute approximate surface area is 106 Å². The summed E-state index contributed by atoms with van der Waals surface area (Å²) >= 11 is 0. The Hall–Kier alpha value is -1.02. The minimum Gasteiger partial charge on any atom is -0.398 e. The molecule has 96 valence electrons. The Morgan fingerprint density at radius 1 is 1.18 bits per heavy atom. The summed E-state index contributed by atoms with van der Waals surface area (Å²) in [7, 11) is 0. The van der Waals surface area contributed by atoms with Gasteiger partial charge >= 0.3 is 0 Å². The van der Waals surface area contributed by atoms with Gasteiger partial charge in [-0.2, -0.15) is 0 Å². The highest BCUT2D eigenvalue weighted by atomic mass is 15.1. The van der Waals surface area contributed by atoms with Crippen LogP contribution in [0.5, 0.6) is 0 Å². The molecule has 0 saturated carbocycles. The van der Waals surface area contributed by atoms with E-state index in [1.165, 1.54) is 12.0 Å². The predicted octanol–water partition coefficient (Wildman–Crippen LogP) is 3.53. The van der Waals surface area contributed by atoms with Crippen LogP contribution in [-0.2, 0) is 6.54 Å². The Kier molecular flexibility index (Phi) is 5.49. The van der Waals surface area contributed by atoms with Crippen molar-refractivity contribution >= 4 is 5.69 Å². The van der Waals surface area contributed by atoms with E-state index in [9.17, 15) is 0 Å². The quantitative estimate of drug-likeness (QED) is 0.763. The molecule has 0 heterocycles. The van der Waals surface area contributed by atoms with Crippen LogP contribution in [0.2, 0.25) is 0 Å². The average molecular weight is 234 g/mol. The molecule has 0 aliphatic heterocycles. The van der Waals surface area contributed by atoms with Crippen molar-refractivity contribution in [2.75, 3.05) is 12.3 Å². The molecule has 0 amide bonds. The standard InChI is InChI=1S/C15H26N2/c1-5-13(4)10-17(12(2)3)11-14-8-6-7-9-15(14)16/h6-9,12-13H,5,10-11,16H2,1-4H3. The summed E-state index contributed by atoms with van der Waals surface area (Å²) in [4.78, 5) is 2.50. The van der Waals surface area contributed by atoms with Gasteiger partial charge in [0.1, 0.15) is 0 Å². The van der Waals surface area contributed by atoms with Crippen LogP contribution < -0.4 is 5.73 Å². The Bertz CT molecular complexity index is 333. The molecule has 2 N–H and O–H groups in total. The van der Waals surface area contributed by atoms with E-state index in [0.29, 0.717) is 6.04 Å². The van der Waals surface area contributed by atoms with Gasteiger partial charge in [-0.05, 0) is 31.4 Å². The normalized spacial score (nSPS) is 13.3. The molecule has 17 heavy (non-hydrogen) atoms. The van der Waals surface area contributed by atoms with Gasteiger partial charge in [-0.1, -0.05) is 38.5 Å². The third kappa shape index (κ3) is 4.39. The van der Waals surface area contributed by atoms with Crippen LogP contribution in [0.15, 0.2) is 24.3 Å². The summed E-state index contributed by atoms with van der Waals surface area (Å²) in [5, 5.41) is 0. The fraction of sp³-hybridized carbons (Fsp3) is 0.600. The van der Waals surface area contributed by atoms with Gasteiger partial charge in [0.15, 0.2) is 0 Å². The highest BCUT2D eigenvalue weighted by molar-refractivity contribution is 5.46. The lowest BCUT2D eigenvalue weighted by atomic mass is 10.1. The van der Waals surface area contributed by atoms with Gasteiger partial charge in [-0.15, -0.1) is 0 Å². The molecule has 0 spiro atoms. The third-order valence-corrected chi connectivity index (χ3v) is 3.40. The second kappa shape index (κ2) is 6.65. The van der Waals surface area contributed by atoms with Crippen molar-refractivity contribution in [2.24, 2.45) is 5.92 Å². The molecular formula is C15H26N2. The summed E-state index contributed by atoms with van der Waals surface area (Å²) in [6, 6.07) is 8.72. The van der Waals surface area contributed by atoms with Gasteiger partial charge in [0.2, 0.25) is 0 Å². The zero-order chi connectivity index (χ0) is 12.8. The first kappa shape index (κ1) is 14.0. The molecule has 0 saturated heterocycles. The fourth-order valence-electron chi connectivity index (χ4n) is 1.88. The molecule has 0 aliphatic rings. The van der Waals surface area contributed by atoms with Crippen molar-refractivity contribution in [3.8, 4) is 0 Å². The molecule has 0 aromatic heterocycles. The lowest BCUT2D eigenvalue weighted by Gasteiger charge is -2.29. The van der Waals surface area contributed by atoms with Gasteiger partial charge in [-0.3, -0.25) is 4.90 Å². The lowest BCUT2D eigenvalue weighted by molar-refractivity contribution is 0.182. The van der Waals surface area contributed by atoms with E-state index in [2.05, 4.69) is 44.7 Å². The first-order chi connectivity index (χ1) is 8.04. The number of nitrogens with zero attached hydrogens (tertiary/aromatic N) is 1. The monoisotopic (exact) mass is 234 g/mol. The maximum atomic E-state index is 6.01. The lowest BCUT2D eigenvalue weighted by Crippen LogP contribution is -2.34. The number of para-hydroxylation sites is 1. The molecule has 0 fully saturated rings. The minimum absolute atomic E-state index is 0.559. The maximum absolute atomic E-state index is 6.01. The van der Waals surface area contributed by atoms with Crippen molar-refractivity contribution in [3.05, 3.63) is 29.8 Å². The number of nitrogens with two attached hydrogens (primary N) is 1. The number of benzene rings is 1. The largest absolute Gasteiger partial charge is 0.398 e. The van der Waals surface area contributed by atoms with Crippen LogP contribution in [0.25, 0.3) is 0 Å². The molecule has 1 aromatic carbocycles. The number of rotatable bonds is 6. The summed E-state index contributed by atoms with van der Waals surface area (Å²) in [5.74, 6) is 0.738. The first-order valence-corrected chi connectivity index (χ1v) is 6.62. The van der Waals surface area contributed by atoms with E-state index in [1.54, 1.807) is 0 Å². The van der Waals surface area contributed by atoms with Crippen molar-refractivity contribution in [3.63, 3.8) is 0 Å². The van der Waals surface area contributed by atoms with Crippen molar-refractivity contribution in [2.45, 2.75) is 46.7 Å².